The fourth-order valence-electron chi connectivity index (χ4n) is 3.87. The lowest BCUT2D eigenvalue weighted by molar-refractivity contribution is -0.128. The van der Waals surface area contributed by atoms with Crippen LogP contribution in [-0.4, -0.2) is 17.6 Å². The highest BCUT2D eigenvalue weighted by Gasteiger charge is 2.35. The Kier molecular flexibility index (Phi) is 4.95. The highest BCUT2D eigenvalue weighted by atomic mass is 16.5. The lowest BCUT2D eigenvalue weighted by Crippen LogP contribution is -2.44. The largest absolute Gasteiger partial charge is 0.487 e. The molecule has 1 amide bonds. The molecular formula is C25H27NO3. The van der Waals surface area contributed by atoms with Gasteiger partial charge in [0.2, 0.25) is 0 Å². The minimum absolute atomic E-state index is 0.107. The number of hydrogen-bond acceptors (Lipinski definition) is 3. The topological polar surface area (TPSA) is 47.6 Å². The van der Waals surface area contributed by atoms with Crippen molar-refractivity contribution >= 4 is 16.7 Å². The maximum Gasteiger partial charge on any atom is 0.261 e. The molecule has 0 unspecified atom stereocenters. The van der Waals surface area contributed by atoms with E-state index in [0.29, 0.717) is 12.2 Å². The molecule has 4 rings (SSSR count). The summed E-state index contributed by atoms with van der Waals surface area (Å²) in [7, 11) is 0. The van der Waals surface area contributed by atoms with Crippen molar-refractivity contribution in [2.45, 2.75) is 51.9 Å². The Balaban J connectivity index is 1.49. The molecular weight excluding hydrogens is 362 g/mol. The van der Waals surface area contributed by atoms with Gasteiger partial charge in [0.05, 0.1) is 6.04 Å². The van der Waals surface area contributed by atoms with E-state index in [1.54, 1.807) is 6.92 Å². The number of fused-ring (bicyclic) bond motifs is 2. The number of carbonyl (C=O) groups is 1. The maximum absolute atomic E-state index is 12.9. The summed E-state index contributed by atoms with van der Waals surface area (Å²) in [6.45, 7) is 7.92. The fraction of sp³-hybridized carbons (Fsp3) is 0.320. The zero-order valence-corrected chi connectivity index (χ0v) is 17.4. The summed E-state index contributed by atoms with van der Waals surface area (Å²) in [5.74, 6) is 1.40. The van der Waals surface area contributed by atoms with Crippen LogP contribution in [0.25, 0.3) is 10.8 Å². The van der Waals surface area contributed by atoms with Crippen molar-refractivity contribution in [1.82, 2.24) is 5.32 Å². The maximum atomic E-state index is 12.9. The van der Waals surface area contributed by atoms with Crippen molar-refractivity contribution in [2.24, 2.45) is 0 Å². The first-order chi connectivity index (χ1) is 13.8. The van der Waals surface area contributed by atoms with Gasteiger partial charge in [-0.25, -0.2) is 0 Å². The van der Waals surface area contributed by atoms with Crippen LogP contribution in [0.5, 0.6) is 11.5 Å². The average molecular weight is 389 g/mol. The smallest absolute Gasteiger partial charge is 0.261 e. The van der Waals surface area contributed by atoms with E-state index in [4.69, 9.17) is 9.47 Å². The van der Waals surface area contributed by atoms with Gasteiger partial charge >= 0.3 is 0 Å². The Morgan fingerprint density at radius 1 is 1.10 bits per heavy atom. The second-order valence-electron chi connectivity index (χ2n) is 8.44. The lowest BCUT2D eigenvalue weighted by atomic mass is 9.89. The molecule has 3 aromatic rings. The second kappa shape index (κ2) is 7.43. The summed E-state index contributed by atoms with van der Waals surface area (Å²) in [5, 5.41) is 5.40. The van der Waals surface area contributed by atoms with E-state index in [1.807, 2.05) is 69.3 Å². The predicted octanol–water partition coefficient (Wildman–Crippen LogP) is 5.33. The van der Waals surface area contributed by atoms with Crippen molar-refractivity contribution in [3.63, 3.8) is 0 Å². The third-order valence-electron chi connectivity index (χ3n) is 5.35. The van der Waals surface area contributed by atoms with Gasteiger partial charge in [-0.3, -0.25) is 4.79 Å². The van der Waals surface area contributed by atoms with Crippen molar-refractivity contribution in [3.8, 4) is 11.5 Å². The van der Waals surface area contributed by atoms with Crippen molar-refractivity contribution < 1.29 is 14.3 Å². The van der Waals surface area contributed by atoms with Gasteiger partial charge in [0, 0.05) is 12.0 Å². The predicted molar refractivity (Wildman–Crippen MR) is 115 cm³/mol. The molecule has 0 aliphatic carbocycles. The molecule has 0 bridgehead atoms. The fourth-order valence-corrected chi connectivity index (χ4v) is 3.87. The molecule has 1 aliphatic rings. The van der Waals surface area contributed by atoms with E-state index < -0.39 is 6.10 Å². The van der Waals surface area contributed by atoms with Crippen LogP contribution in [0.3, 0.4) is 0 Å². The highest BCUT2D eigenvalue weighted by Crippen LogP contribution is 2.40. The number of ether oxygens (including phenoxy) is 2. The monoisotopic (exact) mass is 389 g/mol. The Morgan fingerprint density at radius 3 is 2.66 bits per heavy atom. The summed E-state index contributed by atoms with van der Waals surface area (Å²) in [5.41, 5.74) is 1.81. The Labute approximate surface area is 171 Å². The molecule has 150 valence electrons. The van der Waals surface area contributed by atoms with Crippen LogP contribution in [0.4, 0.5) is 0 Å². The number of nitrogens with one attached hydrogen (secondary N) is 1. The zero-order valence-electron chi connectivity index (χ0n) is 17.4. The number of carbonyl (C=O) groups excluding carboxylic acids is 1. The van der Waals surface area contributed by atoms with Gasteiger partial charge in [-0.1, -0.05) is 42.5 Å². The molecule has 3 aromatic carbocycles. The lowest BCUT2D eigenvalue weighted by Gasteiger charge is -2.38. The van der Waals surface area contributed by atoms with Crippen LogP contribution in [0.1, 0.15) is 44.4 Å². The van der Waals surface area contributed by atoms with E-state index in [0.717, 1.165) is 27.6 Å². The molecule has 1 N–H and O–H groups in total. The van der Waals surface area contributed by atoms with Crippen LogP contribution < -0.4 is 14.8 Å². The first-order valence-corrected chi connectivity index (χ1v) is 10.1. The molecule has 2 atom stereocenters. The molecule has 4 nitrogen and oxygen atoms in total. The summed E-state index contributed by atoms with van der Waals surface area (Å²) >= 11 is 0. The third kappa shape index (κ3) is 4.21. The number of rotatable bonds is 4. The number of amides is 1. The van der Waals surface area contributed by atoms with E-state index in [1.165, 1.54) is 0 Å². The van der Waals surface area contributed by atoms with E-state index in [2.05, 4.69) is 17.4 Å². The van der Waals surface area contributed by atoms with E-state index in [-0.39, 0.29) is 17.6 Å². The van der Waals surface area contributed by atoms with Gasteiger partial charge < -0.3 is 14.8 Å². The normalized spacial score (nSPS) is 18.4. The van der Waals surface area contributed by atoms with Gasteiger partial charge in [0.15, 0.2) is 6.10 Å². The first kappa shape index (κ1) is 19.3. The van der Waals surface area contributed by atoms with Crippen molar-refractivity contribution in [3.05, 3.63) is 71.8 Å². The first-order valence-electron chi connectivity index (χ1n) is 10.1. The van der Waals surface area contributed by atoms with Crippen LogP contribution in [0.2, 0.25) is 0 Å². The standard InChI is InChI=1S/C25H27NO3/c1-16-9-12-21-22(15-25(3,4)29-23(21)13-16)26-24(27)17(2)28-20-11-10-18-7-5-6-8-19(18)14-20/h5-14,17,22H,15H2,1-4H3,(H,26,27)/t17-,22+/m1/s1. The second-order valence-corrected chi connectivity index (χ2v) is 8.44. The molecule has 0 saturated heterocycles. The minimum atomic E-state index is -0.601. The minimum Gasteiger partial charge on any atom is -0.487 e. The summed E-state index contributed by atoms with van der Waals surface area (Å²) in [4.78, 5) is 12.9. The molecule has 0 saturated carbocycles. The molecule has 4 heteroatoms. The molecule has 0 fully saturated rings. The molecule has 0 aromatic heterocycles. The molecule has 1 aliphatic heterocycles. The summed E-state index contributed by atoms with van der Waals surface area (Å²) in [6, 6.07) is 20.0. The molecule has 0 radical (unpaired) electrons. The van der Waals surface area contributed by atoms with E-state index >= 15 is 0 Å². The van der Waals surface area contributed by atoms with Gasteiger partial charge in [0.1, 0.15) is 17.1 Å². The van der Waals surface area contributed by atoms with Crippen molar-refractivity contribution in [2.75, 3.05) is 0 Å². The summed E-state index contributed by atoms with van der Waals surface area (Å²) in [6.07, 6.45) is 0.105. The Hall–Kier alpha value is -3.01. The van der Waals surface area contributed by atoms with Gasteiger partial charge in [-0.05, 0) is 62.2 Å². The van der Waals surface area contributed by atoms with Crippen LogP contribution in [-0.2, 0) is 4.79 Å². The number of aryl methyl sites for hydroxylation is 1. The number of benzene rings is 3. The van der Waals surface area contributed by atoms with Crippen LogP contribution in [0.15, 0.2) is 60.7 Å². The summed E-state index contributed by atoms with van der Waals surface area (Å²) < 4.78 is 12.1. The highest BCUT2D eigenvalue weighted by molar-refractivity contribution is 5.84. The quantitative estimate of drug-likeness (QED) is 0.656. The van der Waals surface area contributed by atoms with Gasteiger partial charge in [0.25, 0.3) is 5.91 Å². The van der Waals surface area contributed by atoms with Crippen molar-refractivity contribution in [1.29, 1.82) is 0 Å². The average Bonchev–Trinajstić information content (AvgIpc) is 2.66. The van der Waals surface area contributed by atoms with Crippen LogP contribution in [0, 0.1) is 6.92 Å². The number of hydrogen-bond donors (Lipinski definition) is 1. The molecule has 0 spiro atoms. The zero-order chi connectivity index (χ0) is 20.6. The SMILES string of the molecule is Cc1ccc2c(c1)OC(C)(C)C[C@@H]2NC(=O)[C@@H](C)Oc1ccc2ccccc2c1. The Morgan fingerprint density at radius 2 is 1.86 bits per heavy atom. The molecule has 1 heterocycles. The van der Waals surface area contributed by atoms with Gasteiger partial charge in [-0.15, -0.1) is 0 Å². The van der Waals surface area contributed by atoms with Gasteiger partial charge in [-0.2, -0.15) is 0 Å². The van der Waals surface area contributed by atoms with E-state index in [9.17, 15) is 4.79 Å². The third-order valence-corrected chi connectivity index (χ3v) is 5.35. The Bertz CT molecular complexity index is 1060. The van der Waals surface area contributed by atoms with Crippen LogP contribution >= 0.6 is 0 Å². The molecule has 29 heavy (non-hydrogen) atoms.